The second-order valence-electron chi connectivity index (χ2n) is 3.45. The van der Waals surface area contributed by atoms with Gasteiger partial charge in [-0.3, -0.25) is 0 Å². The predicted molar refractivity (Wildman–Crippen MR) is 60.4 cm³/mol. The van der Waals surface area contributed by atoms with Crippen molar-refractivity contribution in [3.05, 3.63) is 23.8 Å². The van der Waals surface area contributed by atoms with E-state index in [0.717, 1.165) is 5.56 Å². The van der Waals surface area contributed by atoms with Crippen molar-refractivity contribution < 1.29 is 20.1 Å². The lowest BCUT2D eigenvalue weighted by Crippen LogP contribution is -2.19. The van der Waals surface area contributed by atoms with Crippen molar-refractivity contribution in [2.75, 3.05) is 25.6 Å². The maximum atomic E-state index is 9.54. The fraction of sp³-hybridized carbons (Fsp3) is 0.455. The molecule has 0 aliphatic heterocycles. The first-order valence-electron chi connectivity index (χ1n) is 5.03. The highest BCUT2D eigenvalue weighted by atomic mass is 16.5. The van der Waals surface area contributed by atoms with Crippen LogP contribution in [0.2, 0.25) is 0 Å². The molecule has 16 heavy (non-hydrogen) atoms. The minimum atomic E-state index is -0.856. The fourth-order valence-electron chi connectivity index (χ4n) is 1.24. The van der Waals surface area contributed by atoms with Crippen LogP contribution in [0.3, 0.4) is 0 Å². The van der Waals surface area contributed by atoms with Crippen LogP contribution in [0.4, 0.5) is 5.69 Å². The summed E-state index contributed by atoms with van der Waals surface area (Å²) in [5.74, 6) is 0.159. The van der Waals surface area contributed by atoms with E-state index in [9.17, 15) is 5.11 Å². The van der Waals surface area contributed by atoms with Gasteiger partial charge in [0.1, 0.15) is 11.9 Å². The van der Waals surface area contributed by atoms with Gasteiger partial charge in [-0.05, 0) is 17.7 Å². The maximum absolute atomic E-state index is 9.54. The van der Waals surface area contributed by atoms with Crippen LogP contribution in [0.25, 0.3) is 0 Å². The molecule has 90 valence electrons. The molecule has 1 atom stereocenters. The van der Waals surface area contributed by atoms with E-state index in [4.69, 9.17) is 14.9 Å². The number of rotatable bonds is 6. The van der Waals surface area contributed by atoms with Crippen LogP contribution in [0.5, 0.6) is 5.75 Å². The number of benzene rings is 1. The van der Waals surface area contributed by atoms with E-state index in [1.165, 1.54) is 0 Å². The second kappa shape index (κ2) is 6.32. The Morgan fingerprint density at radius 3 is 2.75 bits per heavy atom. The third-order valence-corrected chi connectivity index (χ3v) is 2.12. The number of ether oxygens (including phenoxy) is 1. The van der Waals surface area contributed by atoms with E-state index in [2.05, 4.69) is 5.32 Å². The van der Waals surface area contributed by atoms with Gasteiger partial charge in [0.05, 0.1) is 25.5 Å². The largest absolute Gasteiger partial charge is 0.506 e. The van der Waals surface area contributed by atoms with E-state index >= 15 is 0 Å². The van der Waals surface area contributed by atoms with Crippen molar-refractivity contribution in [2.24, 2.45) is 0 Å². The molecule has 0 heterocycles. The van der Waals surface area contributed by atoms with Gasteiger partial charge in [0.15, 0.2) is 0 Å². The SMILES string of the molecule is CNc1ccc(COCC(O)CO)cc1O. The molecule has 5 nitrogen and oxygen atoms in total. The van der Waals surface area contributed by atoms with Crippen LogP contribution in [0.15, 0.2) is 18.2 Å². The summed E-state index contributed by atoms with van der Waals surface area (Å²) in [5, 5.41) is 30.0. The summed E-state index contributed by atoms with van der Waals surface area (Å²) >= 11 is 0. The first-order valence-corrected chi connectivity index (χ1v) is 5.03. The summed E-state index contributed by atoms with van der Waals surface area (Å²) in [6.45, 7) is 0.0452. The molecule has 0 aromatic heterocycles. The van der Waals surface area contributed by atoms with E-state index in [1.807, 2.05) is 6.07 Å². The normalized spacial score (nSPS) is 12.4. The molecule has 0 saturated carbocycles. The van der Waals surface area contributed by atoms with Crippen molar-refractivity contribution in [1.82, 2.24) is 0 Å². The van der Waals surface area contributed by atoms with E-state index in [-0.39, 0.29) is 25.6 Å². The summed E-state index contributed by atoms with van der Waals surface area (Å²) in [5.41, 5.74) is 1.46. The number of anilines is 1. The van der Waals surface area contributed by atoms with Crippen LogP contribution in [0, 0.1) is 0 Å². The highest BCUT2D eigenvalue weighted by molar-refractivity contribution is 5.56. The van der Waals surface area contributed by atoms with Crippen molar-refractivity contribution >= 4 is 5.69 Å². The quantitative estimate of drug-likeness (QED) is 0.526. The van der Waals surface area contributed by atoms with Crippen LogP contribution in [-0.4, -0.2) is 41.7 Å². The number of phenols is 1. The average Bonchev–Trinajstić information content (AvgIpc) is 2.29. The molecule has 1 rings (SSSR count). The van der Waals surface area contributed by atoms with Gasteiger partial charge in [0.2, 0.25) is 0 Å². The number of aliphatic hydroxyl groups excluding tert-OH is 2. The molecule has 5 heteroatoms. The monoisotopic (exact) mass is 227 g/mol. The zero-order valence-corrected chi connectivity index (χ0v) is 9.18. The minimum absolute atomic E-state index is 0.0744. The molecule has 1 aromatic carbocycles. The standard InChI is InChI=1S/C11H17NO4/c1-12-10-3-2-8(4-11(10)15)6-16-7-9(14)5-13/h2-4,9,12-15H,5-7H2,1H3. The van der Waals surface area contributed by atoms with Crippen LogP contribution in [-0.2, 0) is 11.3 Å². The third kappa shape index (κ3) is 3.69. The van der Waals surface area contributed by atoms with E-state index in [1.54, 1.807) is 19.2 Å². The van der Waals surface area contributed by atoms with Gasteiger partial charge in [0.25, 0.3) is 0 Å². The Morgan fingerprint density at radius 2 is 2.19 bits per heavy atom. The molecule has 1 unspecified atom stereocenters. The summed E-state index contributed by atoms with van der Waals surface area (Å²) in [6.07, 6.45) is -0.856. The van der Waals surface area contributed by atoms with Crippen molar-refractivity contribution in [2.45, 2.75) is 12.7 Å². The van der Waals surface area contributed by atoms with Crippen LogP contribution in [0.1, 0.15) is 5.56 Å². The van der Waals surface area contributed by atoms with E-state index in [0.29, 0.717) is 5.69 Å². The van der Waals surface area contributed by atoms with Gasteiger partial charge in [-0.15, -0.1) is 0 Å². The molecule has 0 aliphatic rings. The Kier molecular flexibility index (Phi) is 5.04. The molecule has 0 fully saturated rings. The summed E-state index contributed by atoms with van der Waals surface area (Å²) in [6, 6.07) is 5.16. The number of nitrogens with one attached hydrogen (secondary N) is 1. The van der Waals surface area contributed by atoms with Gasteiger partial charge in [-0.2, -0.15) is 0 Å². The first-order chi connectivity index (χ1) is 7.67. The van der Waals surface area contributed by atoms with Gasteiger partial charge in [-0.25, -0.2) is 0 Å². The number of hydrogen-bond acceptors (Lipinski definition) is 5. The number of aromatic hydroxyl groups is 1. The van der Waals surface area contributed by atoms with Gasteiger partial charge >= 0.3 is 0 Å². The van der Waals surface area contributed by atoms with E-state index < -0.39 is 6.10 Å². The van der Waals surface area contributed by atoms with Crippen LogP contribution >= 0.6 is 0 Å². The third-order valence-electron chi connectivity index (χ3n) is 2.12. The summed E-state index contributed by atoms with van der Waals surface area (Å²) in [4.78, 5) is 0. The molecule has 1 aromatic rings. The number of phenolic OH excluding ortho intramolecular Hbond substituents is 1. The fourth-order valence-corrected chi connectivity index (χ4v) is 1.24. The zero-order valence-electron chi connectivity index (χ0n) is 9.18. The molecule has 4 N–H and O–H groups in total. The minimum Gasteiger partial charge on any atom is -0.506 e. The van der Waals surface area contributed by atoms with Crippen LogP contribution < -0.4 is 5.32 Å². The Labute approximate surface area is 94.3 Å². The molecule has 0 amide bonds. The molecular formula is C11H17NO4. The molecule has 0 spiro atoms. The number of aliphatic hydroxyl groups is 2. The first kappa shape index (κ1) is 12.8. The van der Waals surface area contributed by atoms with Gasteiger partial charge < -0.3 is 25.4 Å². The molecule has 0 bridgehead atoms. The van der Waals surface area contributed by atoms with Gasteiger partial charge in [0, 0.05) is 7.05 Å². The Hall–Kier alpha value is -1.30. The summed E-state index contributed by atoms with van der Waals surface area (Å²) in [7, 11) is 1.73. The molecule has 0 radical (unpaired) electrons. The molecular weight excluding hydrogens is 210 g/mol. The second-order valence-corrected chi connectivity index (χ2v) is 3.45. The van der Waals surface area contributed by atoms with Crippen molar-refractivity contribution in [3.63, 3.8) is 0 Å². The average molecular weight is 227 g/mol. The lowest BCUT2D eigenvalue weighted by atomic mass is 10.2. The lowest BCUT2D eigenvalue weighted by Gasteiger charge is -2.09. The lowest BCUT2D eigenvalue weighted by molar-refractivity contribution is -0.00000275. The molecule has 0 aliphatic carbocycles. The predicted octanol–water partition coefficient (Wildman–Crippen LogP) is 0.304. The molecule has 0 saturated heterocycles. The topological polar surface area (TPSA) is 82.0 Å². The Morgan fingerprint density at radius 1 is 1.44 bits per heavy atom. The smallest absolute Gasteiger partial charge is 0.139 e. The highest BCUT2D eigenvalue weighted by Crippen LogP contribution is 2.23. The maximum Gasteiger partial charge on any atom is 0.139 e. The zero-order chi connectivity index (χ0) is 12.0. The van der Waals surface area contributed by atoms with Crippen molar-refractivity contribution in [3.8, 4) is 5.75 Å². The number of hydrogen-bond donors (Lipinski definition) is 4. The Balaban J connectivity index is 2.46. The van der Waals surface area contributed by atoms with Gasteiger partial charge in [-0.1, -0.05) is 6.07 Å². The van der Waals surface area contributed by atoms with Crippen molar-refractivity contribution in [1.29, 1.82) is 0 Å². The highest BCUT2D eigenvalue weighted by Gasteiger charge is 2.04. The Bertz CT molecular complexity index is 330. The summed E-state index contributed by atoms with van der Waals surface area (Å²) < 4.78 is 5.16.